The van der Waals surface area contributed by atoms with E-state index in [0.29, 0.717) is 6.54 Å². The van der Waals surface area contributed by atoms with Crippen LogP contribution in [0.25, 0.3) is 0 Å². The molecule has 4 nitrogen and oxygen atoms in total. The molecule has 1 heterocycles. The highest BCUT2D eigenvalue weighted by molar-refractivity contribution is 7.09. The van der Waals surface area contributed by atoms with Crippen molar-refractivity contribution in [1.29, 1.82) is 0 Å². The van der Waals surface area contributed by atoms with Gasteiger partial charge in [-0.15, -0.1) is 11.3 Å². The van der Waals surface area contributed by atoms with Crippen LogP contribution in [0.2, 0.25) is 0 Å². The summed E-state index contributed by atoms with van der Waals surface area (Å²) >= 11 is 1.80. The fraction of sp³-hybridized carbons (Fsp3) is 0.353. The smallest absolute Gasteiger partial charge is 0.193 e. The Bertz CT molecular complexity index is 596. The first-order valence-electron chi connectivity index (χ1n) is 7.30. The molecule has 0 aliphatic carbocycles. The molecule has 118 valence electrons. The van der Waals surface area contributed by atoms with Crippen LogP contribution in [0.4, 0.5) is 0 Å². The highest BCUT2D eigenvalue weighted by Crippen LogP contribution is 2.16. The summed E-state index contributed by atoms with van der Waals surface area (Å²) in [4.78, 5) is 7.90. The summed E-state index contributed by atoms with van der Waals surface area (Å²) in [6.45, 7) is 1.63. The van der Waals surface area contributed by atoms with Gasteiger partial charge >= 0.3 is 0 Å². The van der Waals surface area contributed by atoms with Crippen LogP contribution < -0.4 is 10.1 Å². The molecule has 0 unspecified atom stereocenters. The first kappa shape index (κ1) is 16.4. The van der Waals surface area contributed by atoms with Gasteiger partial charge in [0.2, 0.25) is 0 Å². The fourth-order valence-corrected chi connectivity index (χ4v) is 2.94. The maximum Gasteiger partial charge on any atom is 0.193 e. The largest absolute Gasteiger partial charge is 0.496 e. The maximum atomic E-state index is 5.38. The molecule has 1 aromatic carbocycles. The van der Waals surface area contributed by atoms with Crippen molar-refractivity contribution in [2.75, 3.05) is 27.7 Å². The van der Waals surface area contributed by atoms with E-state index in [1.807, 2.05) is 25.2 Å². The van der Waals surface area contributed by atoms with Gasteiger partial charge in [-0.1, -0.05) is 24.3 Å². The molecule has 2 rings (SSSR count). The molecule has 5 heteroatoms. The van der Waals surface area contributed by atoms with E-state index in [2.05, 4.69) is 45.8 Å². The van der Waals surface area contributed by atoms with Crippen molar-refractivity contribution >= 4 is 17.3 Å². The highest BCUT2D eigenvalue weighted by Gasteiger charge is 2.08. The van der Waals surface area contributed by atoms with E-state index in [0.717, 1.165) is 30.2 Å². The van der Waals surface area contributed by atoms with Crippen LogP contribution in [-0.4, -0.2) is 38.6 Å². The molecule has 22 heavy (non-hydrogen) atoms. The maximum absolute atomic E-state index is 5.38. The Morgan fingerprint density at radius 2 is 2.09 bits per heavy atom. The Kier molecular flexibility index (Phi) is 6.27. The second-order valence-corrected chi connectivity index (χ2v) is 6.00. The molecule has 1 N–H and O–H groups in total. The number of thiophene rings is 1. The van der Waals surface area contributed by atoms with Crippen LogP contribution in [-0.2, 0) is 13.0 Å². The minimum absolute atomic E-state index is 0.694. The van der Waals surface area contributed by atoms with Crippen LogP contribution in [0, 0.1) is 0 Å². The summed E-state index contributed by atoms with van der Waals surface area (Å²) < 4.78 is 5.38. The molecular formula is C17H23N3OS. The van der Waals surface area contributed by atoms with Crippen LogP contribution in [0.1, 0.15) is 10.4 Å². The molecule has 2 aromatic rings. The van der Waals surface area contributed by atoms with E-state index in [1.165, 1.54) is 4.88 Å². The summed E-state index contributed by atoms with van der Waals surface area (Å²) in [5.41, 5.74) is 1.12. The molecule has 0 atom stereocenters. The van der Waals surface area contributed by atoms with E-state index in [4.69, 9.17) is 4.74 Å². The number of nitrogens with zero attached hydrogens (tertiary/aromatic N) is 2. The molecule has 0 spiro atoms. The number of rotatable bonds is 6. The summed E-state index contributed by atoms with van der Waals surface area (Å²) in [6, 6.07) is 12.3. The summed E-state index contributed by atoms with van der Waals surface area (Å²) in [5, 5.41) is 5.50. The Balaban J connectivity index is 1.88. The second-order valence-electron chi connectivity index (χ2n) is 4.96. The van der Waals surface area contributed by atoms with Crippen molar-refractivity contribution in [3.63, 3.8) is 0 Å². The number of likely N-dealkylation sites (N-methyl/N-ethyl adjacent to an activating group) is 1. The van der Waals surface area contributed by atoms with Gasteiger partial charge in [-0.3, -0.25) is 4.99 Å². The average Bonchev–Trinajstić information content (AvgIpc) is 3.07. The first-order valence-corrected chi connectivity index (χ1v) is 8.18. The van der Waals surface area contributed by atoms with E-state index in [-0.39, 0.29) is 0 Å². The Labute approximate surface area is 136 Å². The predicted octanol–water partition coefficient (Wildman–Crippen LogP) is 3.01. The standard InChI is InChI=1S/C17H23N3OS/c1-18-17(20(2)11-10-15-8-6-12-22-15)19-13-14-7-4-5-9-16(14)21-3/h4-9,12H,10-11,13H2,1-3H3,(H,18,19). The van der Waals surface area contributed by atoms with E-state index >= 15 is 0 Å². The SMILES string of the molecule is CN=C(NCc1ccccc1OC)N(C)CCc1cccs1. The van der Waals surface area contributed by atoms with Crippen LogP contribution in [0.3, 0.4) is 0 Å². The Morgan fingerprint density at radius 3 is 2.77 bits per heavy atom. The molecule has 0 saturated carbocycles. The van der Waals surface area contributed by atoms with Crippen molar-refractivity contribution in [1.82, 2.24) is 10.2 Å². The Hall–Kier alpha value is -2.01. The zero-order chi connectivity index (χ0) is 15.8. The van der Waals surface area contributed by atoms with Crippen molar-refractivity contribution in [2.24, 2.45) is 4.99 Å². The predicted molar refractivity (Wildman–Crippen MR) is 93.8 cm³/mol. The van der Waals surface area contributed by atoms with Gasteiger partial charge in [-0.05, 0) is 23.9 Å². The number of methoxy groups -OCH3 is 1. The lowest BCUT2D eigenvalue weighted by Crippen LogP contribution is -2.39. The minimum Gasteiger partial charge on any atom is -0.496 e. The monoisotopic (exact) mass is 317 g/mol. The Morgan fingerprint density at radius 1 is 1.27 bits per heavy atom. The molecule has 0 amide bonds. The quantitative estimate of drug-likeness (QED) is 0.657. The number of hydrogen-bond donors (Lipinski definition) is 1. The van der Waals surface area contributed by atoms with Gasteiger partial charge in [0.1, 0.15) is 5.75 Å². The van der Waals surface area contributed by atoms with Crippen LogP contribution in [0.15, 0.2) is 46.8 Å². The third-order valence-electron chi connectivity index (χ3n) is 3.48. The molecule has 0 fully saturated rings. The van der Waals surface area contributed by atoms with Gasteiger partial charge in [0.05, 0.1) is 7.11 Å². The number of hydrogen-bond acceptors (Lipinski definition) is 3. The van der Waals surface area contributed by atoms with Crippen LogP contribution in [0.5, 0.6) is 5.75 Å². The normalized spacial score (nSPS) is 11.3. The van der Waals surface area contributed by atoms with Gasteiger partial charge in [0.15, 0.2) is 5.96 Å². The molecule has 0 saturated heterocycles. The minimum atomic E-state index is 0.694. The molecule has 0 aliphatic rings. The van der Waals surface area contributed by atoms with Gasteiger partial charge in [-0.25, -0.2) is 0 Å². The van der Waals surface area contributed by atoms with Crippen LogP contribution >= 0.6 is 11.3 Å². The van der Waals surface area contributed by atoms with Crippen molar-refractivity contribution in [3.8, 4) is 5.75 Å². The molecule has 0 bridgehead atoms. The van der Waals surface area contributed by atoms with Gasteiger partial charge in [-0.2, -0.15) is 0 Å². The molecule has 0 aliphatic heterocycles. The zero-order valence-corrected chi connectivity index (χ0v) is 14.2. The molecular weight excluding hydrogens is 294 g/mol. The van der Waals surface area contributed by atoms with E-state index in [9.17, 15) is 0 Å². The third-order valence-corrected chi connectivity index (χ3v) is 4.41. The fourth-order valence-electron chi connectivity index (χ4n) is 2.25. The lowest BCUT2D eigenvalue weighted by Gasteiger charge is -2.22. The summed E-state index contributed by atoms with van der Waals surface area (Å²) in [7, 11) is 5.57. The third kappa shape index (κ3) is 4.49. The number of para-hydroxylation sites is 1. The average molecular weight is 317 g/mol. The number of nitrogens with one attached hydrogen (secondary N) is 1. The number of aliphatic imine (C=N–C) groups is 1. The van der Waals surface area contributed by atoms with Crippen molar-refractivity contribution in [2.45, 2.75) is 13.0 Å². The summed E-state index contributed by atoms with van der Waals surface area (Å²) in [5.74, 6) is 1.79. The molecule has 1 aromatic heterocycles. The van der Waals surface area contributed by atoms with Crippen molar-refractivity contribution in [3.05, 3.63) is 52.2 Å². The van der Waals surface area contributed by atoms with Crippen molar-refractivity contribution < 1.29 is 4.74 Å². The number of ether oxygens (including phenoxy) is 1. The first-order chi connectivity index (χ1) is 10.7. The lowest BCUT2D eigenvalue weighted by atomic mass is 10.2. The summed E-state index contributed by atoms with van der Waals surface area (Å²) in [6.07, 6.45) is 1.03. The topological polar surface area (TPSA) is 36.9 Å². The lowest BCUT2D eigenvalue weighted by molar-refractivity contribution is 0.408. The zero-order valence-electron chi connectivity index (χ0n) is 13.4. The number of benzene rings is 1. The van der Waals surface area contributed by atoms with Gasteiger partial charge in [0, 0.05) is 37.6 Å². The van der Waals surface area contributed by atoms with E-state index < -0.39 is 0 Å². The van der Waals surface area contributed by atoms with Gasteiger partial charge in [0.25, 0.3) is 0 Å². The number of guanidine groups is 1. The highest BCUT2D eigenvalue weighted by atomic mass is 32.1. The van der Waals surface area contributed by atoms with E-state index in [1.54, 1.807) is 18.4 Å². The van der Waals surface area contributed by atoms with Gasteiger partial charge < -0.3 is 15.0 Å². The second kappa shape index (κ2) is 8.44. The molecule has 0 radical (unpaired) electrons.